The molecule has 0 atom stereocenters. The molecule has 26 heavy (non-hydrogen) atoms. The van der Waals surface area contributed by atoms with Crippen molar-refractivity contribution < 1.29 is 23.9 Å². The van der Waals surface area contributed by atoms with E-state index in [9.17, 15) is 19.2 Å². The van der Waals surface area contributed by atoms with Crippen LogP contribution in [0.4, 0.5) is 0 Å². The van der Waals surface area contributed by atoms with E-state index in [1.54, 1.807) is 30.3 Å². The second kappa shape index (κ2) is 8.94. The molecule has 0 saturated heterocycles. The second-order valence-corrected chi connectivity index (χ2v) is 5.87. The van der Waals surface area contributed by atoms with Crippen LogP contribution in [0.3, 0.4) is 0 Å². The Morgan fingerprint density at radius 2 is 1.77 bits per heavy atom. The third-order valence-electron chi connectivity index (χ3n) is 4.17. The minimum absolute atomic E-state index is 0.106. The van der Waals surface area contributed by atoms with Crippen molar-refractivity contribution in [1.82, 2.24) is 9.80 Å². The molecule has 0 unspecified atom stereocenters. The summed E-state index contributed by atoms with van der Waals surface area (Å²) < 4.78 is 4.58. The van der Waals surface area contributed by atoms with Gasteiger partial charge in [0.25, 0.3) is 11.8 Å². The van der Waals surface area contributed by atoms with Gasteiger partial charge in [0, 0.05) is 26.1 Å². The highest BCUT2D eigenvalue weighted by Crippen LogP contribution is 2.22. The second-order valence-electron chi connectivity index (χ2n) is 5.87. The number of methoxy groups -OCH3 is 1. The highest BCUT2D eigenvalue weighted by atomic mass is 16.5. The fourth-order valence-corrected chi connectivity index (χ4v) is 2.79. The molecule has 1 heterocycles. The molecule has 0 fully saturated rings. The maximum Gasteiger partial charge on any atom is 0.307 e. The summed E-state index contributed by atoms with van der Waals surface area (Å²) in [7, 11) is 1.30. The molecular formula is C19H22N2O5. The normalized spacial score (nSPS) is 12.7. The first-order valence-corrected chi connectivity index (χ1v) is 8.40. The first kappa shape index (κ1) is 19.4. The summed E-state index contributed by atoms with van der Waals surface area (Å²) in [4.78, 5) is 50.8. The van der Waals surface area contributed by atoms with Crippen LogP contribution in [-0.4, -0.2) is 60.2 Å². The average molecular weight is 358 g/mol. The van der Waals surface area contributed by atoms with Gasteiger partial charge in [-0.2, -0.15) is 0 Å². The summed E-state index contributed by atoms with van der Waals surface area (Å²) >= 11 is 0. The summed E-state index contributed by atoms with van der Waals surface area (Å²) in [6.07, 6.45) is 2.21. The van der Waals surface area contributed by atoms with Gasteiger partial charge in [-0.25, -0.2) is 0 Å². The maximum atomic E-state index is 12.3. The number of nitrogens with zero attached hydrogens (tertiary/aromatic N) is 2. The topological polar surface area (TPSA) is 84.0 Å². The third-order valence-corrected chi connectivity index (χ3v) is 4.17. The molecule has 3 amide bonds. The van der Waals surface area contributed by atoms with Crippen molar-refractivity contribution in [1.29, 1.82) is 0 Å². The van der Waals surface area contributed by atoms with Crippen LogP contribution in [0.2, 0.25) is 0 Å². The van der Waals surface area contributed by atoms with Crippen LogP contribution in [0.25, 0.3) is 0 Å². The van der Waals surface area contributed by atoms with Gasteiger partial charge in [-0.15, -0.1) is 6.58 Å². The van der Waals surface area contributed by atoms with Crippen LogP contribution in [0, 0.1) is 0 Å². The van der Waals surface area contributed by atoms with Gasteiger partial charge in [0.2, 0.25) is 5.91 Å². The van der Waals surface area contributed by atoms with Crippen molar-refractivity contribution in [3.8, 4) is 0 Å². The lowest BCUT2D eigenvalue weighted by atomic mass is 10.1. The molecule has 2 rings (SSSR count). The SMILES string of the molecule is C=CCN(CCC(=O)OC)C(=O)CCCN1C(=O)c2ccccc2C1=O. The number of fused-ring (bicyclic) bond motifs is 1. The van der Waals surface area contributed by atoms with Crippen LogP contribution < -0.4 is 0 Å². The van der Waals surface area contributed by atoms with Gasteiger partial charge in [0.15, 0.2) is 0 Å². The lowest BCUT2D eigenvalue weighted by Crippen LogP contribution is -2.35. The minimum Gasteiger partial charge on any atom is -0.469 e. The zero-order valence-corrected chi connectivity index (χ0v) is 14.8. The number of carbonyl (C=O) groups is 4. The van der Waals surface area contributed by atoms with Crippen molar-refractivity contribution in [2.24, 2.45) is 0 Å². The molecule has 0 spiro atoms. The predicted octanol–water partition coefficient (Wildman–Crippen LogP) is 1.64. The van der Waals surface area contributed by atoms with Crippen molar-refractivity contribution in [3.05, 3.63) is 48.0 Å². The number of hydrogen-bond donors (Lipinski definition) is 0. The number of ether oxygens (including phenoxy) is 1. The van der Waals surface area contributed by atoms with E-state index in [0.717, 1.165) is 0 Å². The van der Waals surface area contributed by atoms with Crippen molar-refractivity contribution in [3.63, 3.8) is 0 Å². The van der Waals surface area contributed by atoms with Crippen LogP contribution in [-0.2, 0) is 14.3 Å². The summed E-state index contributed by atoms with van der Waals surface area (Å²) in [6.45, 7) is 4.35. The van der Waals surface area contributed by atoms with E-state index in [0.29, 0.717) is 24.1 Å². The van der Waals surface area contributed by atoms with E-state index >= 15 is 0 Å². The van der Waals surface area contributed by atoms with Gasteiger partial charge in [0.1, 0.15) is 0 Å². The van der Waals surface area contributed by atoms with Gasteiger partial charge in [-0.1, -0.05) is 18.2 Å². The lowest BCUT2D eigenvalue weighted by molar-refractivity contribution is -0.141. The maximum absolute atomic E-state index is 12.3. The molecule has 7 heteroatoms. The summed E-state index contributed by atoms with van der Waals surface area (Å²) in [5.74, 6) is -1.21. The van der Waals surface area contributed by atoms with E-state index in [-0.39, 0.29) is 43.7 Å². The van der Waals surface area contributed by atoms with Gasteiger partial charge in [0.05, 0.1) is 24.7 Å². The highest BCUT2D eigenvalue weighted by Gasteiger charge is 2.34. The number of hydrogen-bond acceptors (Lipinski definition) is 5. The molecule has 0 saturated carbocycles. The molecule has 7 nitrogen and oxygen atoms in total. The van der Waals surface area contributed by atoms with Crippen LogP contribution in [0.1, 0.15) is 40.0 Å². The Balaban J connectivity index is 1.87. The molecule has 1 aliphatic rings. The Hall–Kier alpha value is -2.96. The number of esters is 1. The number of benzene rings is 1. The van der Waals surface area contributed by atoms with Crippen LogP contribution in [0.5, 0.6) is 0 Å². The quantitative estimate of drug-likeness (QED) is 0.381. The Morgan fingerprint density at radius 3 is 2.31 bits per heavy atom. The Morgan fingerprint density at radius 1 is 1.15 bits per heavy atom. The summed E-state index contributed by atoms with van der Waals surface area (Å²) in [5.41, 5.74) is 0.797. The van der Waals surface area contributed by atoms with Crippen LogP contribution in [0.15, 0.2) is 36.9 Å². The van der Waals surface area contributed by atoms with Crippen molar-refractivity contribution >= 4 is 23.7 Å². The molecule has 0 aliphatic carbocycles. The Kier molecular flexibility index (Phi) is 6.66. The van der Waals surface area contributed by atoms with Crippen molar-refractivity contribution in [2.75, 3.05) is 26.7 Å². The van der Waals surface area contributed by atoms with E-state index in [1.165, 1.54) is 16.9 Å². The number of amides is 3. The molecule has 0 aromatic heterocycles. The largest absolute Gasteiger partial charge is 0.469 e. The van der Waals surface area contributed by atoms with E-state index in [4.69, 9.17) is 0 Å². The number of rotatable bonds is 9. The lowest BCUT2D eigenvalue weighted by Gasteiger charge is -2.21. The fourth-order valence-electron chi connectivity index (χ4n) is 2.79. The number of imide groups is 1. The zero-order valence-electron chi connectivity index (χ0n) is 14.8. The summed E-state index contributed by atoms with van der Waals surface area (Å²) in [6, 6.07) is 6.68. The molecule has 1 aliphatic heterocycles. The molecule has 0 bridgehead atoms. The fraction of sp³-hybridized carbons (Fsp3) is 0.368. The molecule has 0 radical (unpaired) electrons. The van der Waals surface area contributed by atoms with E-state index in [2.05, 4.69) is 11.3 Å². The zero-order chi connectivity index (χ0) is 19.1. The highest BCUT2D eigenvalue weighted by molar-refractivity contribution is 6.21. The van der Waals surface area contributed by atoms with Gasteiger partial charge in [-0.05, 0) is 18.6 Å². The first-order chi connectivity index (χ1) is 12.5. The first-order valence-electron chi connectivity index (χ1n) is 8.40. The predicted molar refractivity (Wildman–Crippen MR) is 94.5 cm³/mol. The van der Waals surface area contributed by atoms with Crippen molar-refractivity contribution in [2.45, 2.75) is 19.3 Å². The average Bonchev–Trinajstić information content (AvgIpc) is 2.89. The van der Waals surface area contributed by atoms with Gasteiger partial charge < -0.3 is 9.64 Å². The third kappa shape index (κ3) is 4.36. The standard InChI is InChI=1S/C19H22N2O5/c1-3-11-20(13-10-17(23)26-2)16(22)9-6-12-21-18(24)14-7-4-5-8-15(14)19(21)25/h3-5,7-8H,1,6,9-13H2,2H3. The van der Waals surface area contributed by atoms with Gasteiger partial charge >= 0.3 is 5.97 Å². The molecule has 0 N–H and O–H groups in total. The molecular weight excluding hydrogens is 336 g/mol. The van der Waals surface area contributed by atoms with Gasteiger partial charge in [-0.3, -0.25) is 24.1 Å². The number of carbonyl (C=O) groups excluding carboxylic acids is 4. The van der Waals surface area contributed by atoms with Crippen LogP contribution >= 0.6 is 0 Å². The molecule has 1 aromatic carbocycles. The van der Waals surface area contributed by atoms with E-state index < -0.39 is 5.97 Å². The summed E-state index contributed by atoms with van der Waals surface area (Å²) in [5, 5.41) is 0. The minimum atomic E-state index is -0.391. The monoisotopic (exact) mass is 358 g/mol. The van der Waals surface area contributed by atoms with E-state index in [1.807, 2.05) is 0 Å². The smallest absolute Gasteiger partial charge is 0.307 e. The molecule has 138 valence electrons. The molecule has 1 aromatic rings. The Bertz CT molecular complexity index is 693. The Labute approximate surface area is 152 Å².